The molecule has 1 heterocycles. The number of amides is 1. The minimum atomic E-state index is -4.32. The number of carbonyl (C=O) groups excluding carboxylic acids is 1. The third-order valence-electron chi connectivity index (χ3n) is 4.42. The van der Waals surface area contributed by atoms with Crippen molar-refractivity contribution in [2.75, 3.05) is 39.5 Å². The Hall–Kier alpha value is -1.64. The number of likely N-dealkylation sites (tertiary alicyclic amines) is 1. The van der Waals surface area contributed by atoms with Gasteiger partial charge in [-0.1, -0.05) is 18.2 Å². The maximum Gasteiger partial charge on any atom is 0.416 e. The summed E-state index contributed by atoms with van der Waals surface area (Å²) in [4.78, 5) is 14.0. The monoisotopic (exact) mass is 388 g/mol. The van der Waals surface area contributed by atoms with E-state index in [9.17, 15) is 18.0 Å². The van der Waals surface area contributed by atoms with Gasteiger partial charge in [0.25, 0.3) is 0 Å². The first-order valence-corrected chi connectivity index (χ1v) is 9.22. The Morgan fingerprint density at radius 1 is 1.22 bits per heavy atom. The van der Waals surface area contributed by atoms with Crippen molar-refractivity contribution < 1.29 is 27.4 Å². The van der Waals surface area contributed by atoms with E-state index in [1.165, 1.54) is 12.1 Å². The van der Waals surface area contributed by atoms with Crippen molar-refractivity contribution >= 4 is 5.91 Å². The molecule has 1 saturated heterocycles. The smallest absolute Gasteiger partial charge is 0.379 e. The zero-order valence-corrected chi connectivity index (χ0v) is 15.6. The molecule has 1 aliphatic rings. The molecule has 1 fully saturated rings. The van der Waals surface area contributed by atoms with Crippen LogP contribution in [0.1, 0.15) is 30.9 Å². The lowest BCUT2D eigenvalue weighted by atomic mass is 10.0. The van der Waals surface area contributed by atoms with Crippen LogP contribution in [0.25, 0.3) is 0 Å². The number of hydrogen-bond donors (Lipinski definition) is 1. The van der Waals surface area contributed by atoms with Crippen LogP contribution >= 0.6 is 0 Å². The van der Waals surface area contributed by atoms with Crippen LogP contribution in [0, 0.1) is 0 Å². The van der Waals surface area contributed by atoms with E-state index in [-0.39, 0.29) is 18.6 Å². The first kappa shape index (κ1) is 21.7. The van der Waals surface area contributed by atoms with E-state index in [4.69, 9.17) is 9.47 Å². The molecule has 5 nitrogen and oxygen atoms in total. The molecule has 1 amide bonds. The Labute approximate surface area is 157 Å². The van der Waals surface area contributed by atoms with Crippen LogP contribution in [-0.4, -0.2) is 56.4 Å². The van der Waals surface area contributed by atoms with Crippen molar-refractivity contribution in [2.24, 2.45) is 0 Å². The number of nitrogens with zero attached hydrogens (tertiary/aromatic N) is 1. The zero-order chi connectivity index (χ0) is 19.7. The fourth-order valence-corrected chi connectivity index (χ4v) is 3.04. The van der Waals surface area contributed by atoms with Crippen LogP contribution < -0.4 is 5.32 Å². The Kier molecular flexibility index (Phi) is 8.53. The van der Waals surface area contributed by atoms with Crippen molar-refractivity contribution in [1.82, 2.24) is 10.2 Å². The van der Waals surface area contributed by atoms with Gasteiger partial charge in [-0.25, -0.2) is 0 Å². The summed E-state index contributed by atoms with van der Waals surface area (Å²) in [5.41, 5.74) is 0.0292. The molecule has 1 aromatic rings. The van der Waals surface area contributed by atoms with Crippen molar-refractivity contribution in [3.8, 4) is 0 Å². The van der Waals surface area contributed by atoms with Crippen LogP contribution in [0.3, 0.4) is 0 Å². The number of hydrogen-bond acceptors (Lipinski definition) is 4. The predicted molar refractivity (Wildman–Crippen MR) is 95.2 cm³/mol. The van der Waals surface area contributed by atoms with Crippen molar-refractivity contribution in [3.05, 3.63) is 35.4 Å². The highest BCUT2D eigenvalue weighted by molar-refractivity contribution is 5.77. The van der Waals surface area contributed by atoms with Gasteiger partial charge >= 0.3 is 6.18 Å². The molecular weight excluding hydrogens is 361 g/mol. The lowest BCUT2D eigenvalue weighted by molar-refractivity contribution is -0.137. The first-order valence-electron chi connectivity index (χ1n) is 9.22. The molecule has 8 heteroatoms. The summed E-state index contributed by atoms with van der Waals surface area (Å²) in [7, 11) is 0. The second-order valence-corrected chi connectivity index (χ2v) is 6.57. The fourth-order valence-electron chi connectivity index (χ4n) is 3.04. The van der Waals surface area contributed by atoms with E-state index in [2.05, 4.69) is 10.2 Å². The van der Waals surface area contributed by atoms with Crippen LogP contribution in [0.2, 0.25) is 0 Å². The lowest BCUT2D eigenvalue weighted by Gasteiger charge is -2.32. The molecule has 0 atom stereocenters. The van der Waals surface area contributed by atoms with Gasteiger partial charge in [-0.3, -0.25) is 9.69 Å². The van der Waals surface area contributed by atoms with Gasteiger partial charge in [-0.2, -0.15) is 13.2 Å². The second kappa shape index (κ2) is 10.6. The Bertz CT molecular complexity index is 588. The van der Waals surface area contributed by atoms with Crippen LogP contribution in [-0.2, 0) is 27.0 Å². The molecule has 27 heavy (non-hydrogen) atoms. The maximum absolute atomic E-state index is 12.8. The molecule has 152 valence electrons. The molecule has 0 saturated carbocycles. The number of carbonyl (C=O) groups is 1. The van der Waals surface area contributed by atoms with Gasteiger partial charge in [0.05, 0.1) is 18.8 Å². The van der Waals surface area contributed by atoms with E-state index in [1.807, 2.05) is 6.92 Å². The second-order valence-electron chi connectivity index (χ2n) is 6.57. The van der Waals surface area contributed by atoms with Crippen LogP contribution in [0.15, 0.2) is 24.3 Å². The summed E-state index contributed by atoms with van der Waals surface area (Å²) in [6, 6.07) is 5.51. The molecule has 1 aromatic carbocycles. The Morgan fingerprint density at radius 2 is 1.93 bits per heavy atom. The number of halogens is 3. The summed E-state index contributed by atoms with van der Waals surface area (Å²) in [5, 5.41) is 2.94. The third kappa shape index (κ3) is 7.86. The molecule has 2 rings (SSSR count). The zero-order valence-electron chi connectivity index (χ0n) is 15.6. The third-order valence-corrected chi connectivity index (χ3v) is 4.42. The minimum absolute atomic E-state index is 0.0114. The van der Waals surface area contributed by atoms with Gasteiger partial charge in [-0.15, -0.1) is 0 Å². The SMILES string of the molecule is CCOCCOCC(=O)NC1CCN(Cc2cccc(C(F)(F)F)c2)CC1. The molecule has 1 N–H and O–H groups in total. The van der Waals surface area contributed by atoms with E-state index < -0.39 is 11.7 Å². The standard InChI is InChI=1S/C19H27F3N2O3/c1-2-26-10-11-27-14-18(25)23-17-6-8-24(9-7-17)13-15-4-3-5-16(12-15)19(20,21)22/h3-5,12,17H,2,6-11,13-14H2,1H3,(H,23,25). The number of ether oxygens (including phenoxy) is 2. The van der Waals surface area contributed by atoms with Gasteiger partial charge in [0.1, 0.15) is 6.61 Å². The number of alkyl halides is 3. The van der Waals surface area contributed by atoms with Crippen LogP contribution in [0.4, 0.5) is 13.2 Å². The highest BCUT2D eigenvalue weighted by atomic mass is 19.4. The van der Waals surface area contributed by atoms with Gasteiger partial charge in [0, 0.05) is 32.3 Å². The van der Waals surface area contributed by atoms with E-state index in [0.717, 1.165) is 32.0 Å². The van der Waals surface area contributed by atoms with E-state index >= 15 is 0 Å². The lowest BCUT2D eigenvalue weighted by Crippen LogP contribution is -2.45. The average molecular weight is 388 g/mol. The summed E-state index contributed by atoms with van der Waals surface area (Å²) in [6.45, 7) is 5.32. The highest BCUT2D eigenvalue weighted by Crippen LogP contribution is 2.29. The molecule has 0 bridgehead atoms. The van der Waals surface area contributed by atoms with Crippen molar-refractivity contribution in [3.63, 3.8) is 0 Å². The number of benzene rings is 1. The van der Waals surface area contributed by atoms with E-state index in [1.54, 1.807) is 6.07 Å². The quantitative estimate of drug-likeness (QED) is 0.661. The molecule has 0 spiro atoms. The molecular formula is C19H27F3N2O3. The van der Waals surface area contributed by atoms with Gasteiger partial charge in [0.2, 0.25) is 5.91 Å². The summed E-state index contributed by atoms with van der Waals surface area (Å²) in [5.74, 6) is -0.150. The summed E-state index contributed by atoms with van der Waals surface area (Å²) < 4.78 is 48.8. The first-order chi connectivity index (χ1) is 12.9. The van der Waals surface area contributed by atoms with Gasteiger partial charge in [-0.05, 0) is 31.4 Å². The Morgan fingerprint density at radius 3 is 2.59 bits per heavy atom. The highest BCUT2D eigenvalue weighted by Gasteiger charge is 2.30. The predicted octanol–water partition coefficient (Wildman–Crippen LogP) is 2.84. The number of nitrogens with one attached hydrogen (secondary N) is 1. The number of piperidine rings is 1. The Balaban J connectivity index is 1.69. The molecule has 0 unspecified atom stereocenters. The van der Waals surface area contributed by atoms with Gasteiger partial charge in [0.15, 0.2) is 0 Å². The summed E-state index contributed by atoms with van der Waals surface area (Å²) >= 11 is 0. The minimum Gasteiger partial charge on any atom is -0.379 e. The van der Waals surface area contributed by atoms with Crippen molar-refractivity contribution in [2.45, 2.75) is 38.5 Å². The largest absolute Gasteiger partial charge is 0.416 e. The van der Waals surface area contributed by atoms with Crippen LogP contribution in [0.5, 0.6) is 0 Å². The summed E-state index contributed by atoms with van der Waals surface area (Å²) in [6.07, 6.45) is -2.79. The van der Waals surface area contributed by atoms with Gasteiger partial charge < -0.3 is 14.8 Å². The fraction of sp³-hybridized carbons (Fsp3) is 0.632. The normalized spacial score (nSPS) is 16.4. The molecule has 0 aromatic heterocycles. The molecule has 0 aliphatic carbocycles. The number of rotatable bonds is 9. The molecule has 0 radical (unpaired) electrons. The topological polar surface area (TPSA) is 50.8 Å². The average Bonchev–Trinajstić information content (AvgIpc) is 2.63. The van der Waals surface area contributed by atoms with Crippen molar-refractivity contribution in [1.29, 1.82) is 0 Å². The molecule has 1 aliphatic heterocycles. The maximum atomic E-state index is 12.8. The van der Waals surface area contributed by atoms with E-state index in [0.29, 0.717) is 31.9 Å².